The van der Waals surface area contributed by atoms with E-state index in [4.69, 9.17) is 5.73 Å². The Labute approximate surface area is 126 Å². The standard InChI is InChI=1S/C17H24N2S/c1-3-19(13-16-5-4-12-20-16)11-10-17(18)15-8-6-14(2)7-9-15/h4-9,12,17H,3,10-11,13,18H2,1-2H3. The Balaban J connectivity index is 1.84. The lowest BCUT2D eigenvalue weighted by Gasteiger charge is -2.22. The number of thiophene rings is 1. The number of aryl methyl sites for hydroxylation is 1. The minimum Gasteiger partial charge on any atom is -0.324 e. The number of nitrogens with two attached hydrogens (primary N) is 1. The van der Waals surface area contributed by atoms with E-state index in [1.165, 1.54) is 16.0 Å². The lowest BCUT2D eigenvalue weighted by Crippen LogP contribution is -2.26. The molecule has 0 spiro atoms. The molecule has 2 nitrogen and oxygen atoms in total. The van der Waals surface area contributed by atoms with E-state index in [0.717, 1.165) is 26.1 Å². The molecule has 2 N–H and O–H groups in total. The molecule has 20 heavy (non-hydrogen) atoms. The van der Waals surface area contributed by atoms with Gasteiger partial charge in [0.2, 0.25) is 0 Å². The van der Waals surface area contributed by atoms with Gasteiger partial charge in [0.1, 0.15) is 0 Å². The molecule has 0 aliphatic heterocycles. The topological polar surface area (TPSA) is 29.3 Å². The van der Waals surface area contributed by atoms with Gasteiger partial charge in [-0.1, -0.05) is 42.8 Å². The molecular weight excluding hydrogens is 264 g/mol. The highest BCUT2D eigenvalue weighted by molar-refractivity contribution is 7.09. The molecule has 1 atom stereocenters. The Morgan fingerprint density at radius 2 is 1.95 bits per heavy atom. The maximum Gasteiger partial charge on any atom is 0.0327 e. The van der Waals surface area contributed by atoms with Gasteiger partial charge in [0.05, 0.1) is 0 Å². The van der Waals surface area contributed by atoms with E-state index in [-0.39, 0.29) is 6.04 Å². The summed E-state index contributed by atoms with van der Waals surface area (Å²) in [7, 11) is 0. The van der Waals surface area contributed by atoms with Gasteiger partial charge in [-0.15, -0.1) is 11.3 Å². The van der Waals surface area contributed by atoms with Crippen molar-refractivity contribution in [3.8, 4) is 0 Å². The number of rotatable bonds is 7. The zero-order valence-electron chi connectivity index (χ0n) is 12.4. The summed E-state index contributed by atoms with van der Waals surface area (Å²) >= 11 is 1.83. The summed E-state index contributed by atoms with van der Waals surface area (Å²) in [5.41, 5.74) is 8.82. The highest BCUT2D eigenvalue weighted by atomic mass is 32.1. The summed E-state index contributed by atoms with van der Waals surface area (Å²) in [4.78, 5) is 3.88. The summed E-state index contributed by atoms with van der Waals surface area (Å²) in [6, 6.07) is 13.0. The fourth-order valence-electron chi connectivity index (χ4n) is 2.27. The van der Waals surface area contributed by atoms with Crippen molar-refractivity contribution in [2.24, 2.45) is 5.73 Å². The molecule has 3 heteroatoms. The summed E-state index contributed by atoms with van der Waals surface area (Å²) < 4.78 is 0. The lowest BCUT2D eigenvalue weighted by atomic mass is 10.0. The third-order valence-corrected chi connectivity index (χ3v) is 4.53. The Morgan fingerprint density at radius 3 is 2.55 bits per heavy atom. The molecule has 2 aromatic rings. The van der Waals surface area contributed by atoms with E-state index in [1.54, 1.807) is 0 Å². The molecule has 0 aliphatic rings. The molecule has 2 rings (SSSR count). The van der Waals surface area contributed by atoms with E-state index in [9.17, 15) is 0 Å². The number of hydrogen-bond donors (Lipinski definition) is 1. The quantitative estimate of drug-likeness (QED) is 0.835. The Kier molecular flexibility index (Phi) is 5.77. The van der Waals surface area contributed by atoms with Crippen LogP contribution in [0.25, 0.3) is 0 Å². The normalized spacial score (nSPS) is 12.8. The van der Waals surface area contributed by atoms with Crippen LogP contribution in [0, 0.1) is 6.92 Å². The first-order valence-electron chi connectivity index (χ1n) is 7.26. The van der Waals surface area contributed by atoms with Crippen LogP contribution in [0.3, 0.4) is 0 Å². The molecule has 1 heterocycles. The van der Waals surface area contributed by atoms with Crippen LogP contribution in [0.2, 0.25) is 0 Å². The third kappa shape index (κ3) is 4.44. The molecular formula is C17H24N2S. The monoisotopic (exact) mass is 288 g/mol. The summed E-state index contributed by atoms with van der Waals surface area (Å²) in [5, 5.41) is 2.14. The maximum atomic E-state index is 6.30. The second-order valence-electron chi connectivity index (χ2n) is 5.25. The molecule has 0 bridgehead atoms. The van der Waals surface area contributed by atoms with Crippen LogP contribution < -0.4 is 5.73 Å². The first-order chi connectivity index (χ1) is 9.69. The molecule has 108 valence electrons. The van der Waals surface area contributed by atoms with E-state index in [0.29, 0.717) is 0 Å². The maximum absolute atomic E-state index is 6.30. The summed E-state index contributed by atoms with van der Waals surface area (Å²) in [5.74, 6) is 0. The van der Waals surface area contributed by atoms with Gasteiger partial charge in [-0.3, -0.25) is 4.90 Å². The molecule has 1 aromatic heterocycles. The van der Waals surface area contributed by atoms with Gasteiger partial charge < -0.3 is 5.73 Å². The van der Waals surface area contributed by atoms with Crippen molar-refractivity contribution in [2.45, 2.75) is 32.9 Å². The van der Waals surface area contributed by atoms with Gasteiger partial charge >= 0.3 is 0 Å². The van der Waals surface area contributed by atoms with E-state index >= 15 is 0 Å². The molecule has 0 fully saturated rings. The van der Waals surface area contributed by atoms with Gasteiger partial charge in [-0.05, 0) is 36.9 Å². The van der Waals surface area contributed by atoms with Crippen LogP contribution in [-0.2, 0) is 6.54 Å². The fraction of sp³-hybridized carbons (Fsp3) is 0.412. The van der Waals surface area contributed by atoms with Crippen molar-refractivity contribution in [1.29, 1.82) is 0 Å². The average molecular weight is 288 g/mol. The minimum atomic E-state index is 0.132. The first kappa shape index (κ1) is 15.2. The van der Waals surface area contributed by atoms with Crippen molar-refractivity contribution >= 4 is 11.3 Å². The van der Waals surface area contributed by atoms with E-state index in [1.807, 2.05) is 11.3 Å². The van der Waals surface area contributed by atoms with Gasteiger partial charge in [0.15, 0.2) is 0 Å². The largest absolute Gasteiger partial charge is 0.324 e. The number of nitrogens with zero attached hydrogens (tertiary/aromatic N) is 1. The molecule has 0 saturated heterocycles. The Morgan fingerprint density at radius 1 is 1.20 bits per heavy atom. The van der Waals surface area contributed by atoms with Crippen LogP contribution in [-0.4, -0.2) is 18.0 Å². The molecule has 0 aliphatic carbocycles. The average Bonchev–Trinajstić information content (AvgIpc) is 2.96. The highest BCUT2D eigenvalue weighted by Crippen LogP contribution is 2.17. The summed E-state index contributed by atoms with van der Waals surface area (Å²) in [6.45, 7) is 7.47. The second kappa shape index (κ2) is 7.58. The zero-order valence-corrected chi connectivity index (χ0v) is 13.2. The van der Waals surface area contributed by atoms with Gasteiger partial charge in [-0.2, -0.15) is 0 Å². The van der Waals surface area contributed by atoms with Crippen LogP contribution in [0.5, 0.6) is 0 Å². The number of hydrogen-bond acceptors (Lipinski definition) is 3. The highest BCUT2D eigenvalue weighted by Gasteiger charge is 2.09. The van der Waals surface area contributed by atoms with Gasteiger partial charge in [0.25, 0.3) is 0 Å². The van der Waals surface area contributed by atoms with Crippen LogP contribution in [0.1, 0.15) is 35.4 Å². The second-order valence-corrected chi connectivity index (χ2v) is 6.29. The first-order valence-corrected chi connectivity index (χ1v) is 8.14. The van der Waals surface area contributed by atoms with E-state index < -0.39 is 0 Å². The SMILES string of the molecule is CCN(CCC(N)c1ccc(C)cc1)Cc1cccs1. The van der Waals surface area contributed by atoms with Crippen molar-refractivity contribution in [1.82, 2.24) is 4.90 Å². The predicted molar refractivity (Wildman–Crippen MR) is 88.0 cm³/mol. The summed E-state index contributed by atoms with van der Waals surface area (Å²) in [6.07, 6.45) is 1.00. The Hall–Kier alpha value is -1.16. The van der Waals surface area contributed by atoms with Crippen molar-refractivity contribution < 1.29 is 0 Å². The molecule has 0 amide bonds. The van der Waals surface area contributed by atoms with Crippen molar-refractivity contribution in [3.05, 3.63) is 57.8 Å². The molecule has 0 saturated carbocycles. The van der Waals surface area contributed by atoms with Crippen molar-refractivity contribution in [2.75, 3.05) is 13.1 Å². The smallest absolute Gasteiger partial charge is 0.0327 e. The number of benzene rings is 1. The predicted octanol–water partition coefficient (Wildman–Crippen LogP) is 3.97. The van der Waals surface area contributed by atoms with Crippen LogP contribution in [0.4, 0.5) is 0 Å². The van der Waals surface area contributed by atoms with Crippen LogP contribution >= 0.6 is 11.3 Å². The zero-order chi connectivity index (χ0) is 14.4. The van der Waals surface area contributed by atoms with E-state index in [2.05, 4.69) is 60.5 Å². The van der Waals surface area contributed by atoms with Gasteiger partial charge in [0, 0.05) is 24.0 Å². The lowest BCUT2D eigenvalue weighted by molar-refractivity contribution is 0.270. The fourth-order valence-corrected chi connectivity index (χ4v) is 3.02. The van der Waals surface area contributed by atoms with Crippen molar-refractivity contribution in [3.63, 3.8) is 0 Å². The third-order valence-electron chi connectivity index (χ3n) is 3.67. The molecule has 1 unspecified atom stereocenters. The van der Waals surface area contributed by atoms with Gasteiger partial charge in [-0.25, -0.2) is 0 Å². The van der Waals surface area contributed by atoms with Crippen LogP contribution in [0.15, 0.2) is 41.8 Å². The Bertz CT molecular complexity index is 490. The molecule has 1 aromatic carbocycles. The molecule has 0 radical (unpaired) electrons. The minimum absolute atomic E-state index is 0.132.